The predicted octanol–water partition coefficient (Wildman–Crippen LogP) is 15.5. The van der Waals surface area contributed by atoms with Crippen molar-refractivity contribution in [2.75, 3.05) is 14.5 Å². The number of para-hydroxylation sites is 8. The number of anilines is 7. The fraction of sp³-hybridized carbons (Fsp3) is 0. The molecule has 0 unspecified atom stereocenters. The van der Waals surface area contributed by atoms with Gasteiger partial charge < -0.3 is 23.7 Å². The normalized spacial score (nSPS) is 13.0. The molecule has 0 saturated heterocycles. The van der Waals surface area contributed by atoms with Gasteiger partial charge in [-0.2, -0.15) is 0 Å². The van der Waals surface area contributed by atoms with E-state index in [0.717, 1.165) is 34.1 Å². The summed E-state index contributed by atoms with van der Waals surface area (Å²) in [4.78, 5) is 4.90. The van der Waals surface area contributed by atoms with Gasteiger partial charge >= 0.3 is 13.7 Å². The number of rotatable bonds is 7. The van der Waals surface area contributed by atoms with Gasteiger partial charge in [-0.3, -0.25) is 0 Å². The molecule has 14 aromatic rings. The van der Waals surface area contributed by atoms with E-state index in [4.69, 9.17) is 0 Å². The summed E-state index contributed by atoms with van der Waals surface area (Å²) in [5, 5.41) is 5.07. The molecule has 0 bridgehead atoms. The van der Waals surface area contributed by atoms with E-state index in [1.807, 2.05) is 0 Å². The van der Waals surface area contributed by atoms with Crippen LogP contribution in [-0.4, -0.2) is 22.8 Å². The van der Waals surface area contributed by atoms with Gasteiger partial charge in [0, 0.05) is 83.9 Å². The molecule has 12 aromatic carbocycles. The predicted molar refractivity (Wildman–Crippen MR) is 333 cm³/mol. The van der Waals surface area contributed by atoms with Crippen LogP contribution < -0.4 is 36.4 Å². The number of nitrogens with zero attached hydrogens (tertiary/aromatic N) is 5. The maximum Gasteiger partial charge on any atom is 0.316 e. The largest absolute Gasteiger partial charge is 0.444 e. The Hall–Kier alpha value is -10.2. The lowest BCUT2D eigenvalue weighted by molar-refractivity contribution is 1.17. The minimum Gasteiger partial charge on any atom is -0.444 e. The van der Waals surface area contributed by atoms with Gasteiger partial charge in [0.1, 0.15) is 0 Å². The van der Waals surface area contributed by atoms with Crippen molar-refractivity contribution in [1.82, 2.24) is 9.13 Å². The lowest BCUT2D eigenvalue weighted by Crippen LogP contribution is -2.74. The molecule has 0 aliphatic carbocycles. The lowest BCUT2D eigenvalue weighted by Gasteiger charge is -2.51. The third-order valence-electron chi connectivity index (χ3n) is 17.5. The molecule has 18 rings (SSSR count). The maximum atomic E-state index is 2.89. The Kier molecular flexibility index (Phi) is 8.78. The molecule has 0 N–H and O–H groups in total. The standard InChI is InChI=1S/C72H45B2N5/c1-6-22-46(23-7-1)47-40-60-58-42-52(75(48-24-8-2-9-25-48)49-26-10-3-11-27-49)44-66-68(58)73(62-36-20-34-56-54-32-16-18-38-64(54)77(66)71(56)62)79-70(60)61(41-47)59-43-53(76(50-28-12-4-13-29-50)51-30-14-5-15-31-51)45-67-69(59)74(79)63-37-21-35-57-55-33-17-19-39-65(55)78(67)72(57)63/h1-45H. The molecule has 7 heteroatoms. The summed E-state index contributed by atoms with van der Waals surface area (Å²) >= 11 is 0. The van der Waals surface area contributed by atoms with Crippen LogP contribution in [0.2, 0.25) is 0 Å². The zero-order valence-electron chi connectivity index (χ0n) is 42.9. The minimum atomic E-state index is -0.155. The van der Waals surface area contributed by atoms with Crippen molar-refractivity contribution in [3.8, 4) is 44.8 Å². The Morgan fingerprint density at radius 1 is 0.278 bits per heavy atom. The van der Waals surface area contributed by atoms with Crippen LogP contribution in [0.1, 0.15) is 0 Å². The monoisotopic (exact) mass is 1000 g/mol. The van der Waals surface area contributed by atoms with Crippen molar-refractivity contribution in [2.24, 2.45) is 0 Å². The van der Waals surface area contributed by atoms with Crippen LogP contribution in [0.4, 0.5) is 39.8 Å². The Bertz CT molecular complexity index is 4500. The lowest BCUT2D eigenvalue weighted by atomic mass is 9.32. The first kappa shape index (κ1) is 42.9. The molecule has 0 radical (unpaired) electrons. The van der Waals surface area contributed by atoms with E-state index in [2.05, 4.69) is 297 Å². The number of hydrogen-bond acceptors (Lipinski definition) is 3. The summed E-state index contributed by atoms with van der Waals surface area (Å²) in [7, 11) is 0. The topological polar surface area (TPSA) is 19.6 Å². The van der Waals surface area contributed by atoms with Gasteiger partial charge in [0.2, 0.25) is 0 Å². The molecule has 0 spiro atoms. The molecule has 79 heavy (non-hydrogen) atoms. The van der Waals surface area contributed by atoms with Gasteiger partial charge in [0.15, 0.2) is 0 Å². The molecular weight excluding hydrogens is 956 g/mol. The van der Waals surface area contributed by atoms with Crippen molar-refractivity contribution in [1.29, 1.82) is 0 Å². The maximum absolute atomic E-state index is 2.89. The van der Waals surface area contributed by atoms with Gasteiger partial charge in [0.25, 0.3) is 0 Å². The molecule has 364 valence electrons. The van der Waals surface area contributed by atoms with Gasteiger partial charge in [0.05, 0.1) is 22.1 Å². The molecule has 2 aromatic heterocycles. The van der Waals surface area contributed by atoms with Gasteiger partial charge in [-0.05, 0) is 141 Å². The molecule has 5 nitrogen and oxygen atoms in total. The Labute approximate surface area is 457 Å². The number of hydrogen-bond donors (Lipinski definition) is 0. The van der Waals surface area contributed by atoms with E-state index in [-0.39, 0.29) is 13.7 Å². The summed E-state index contributed by atoms with van der Waals surface area (Å²) in [5.41, 5.74) is 27.9. The van der Waals surface area contributed by atoms with Crippen LogP contribution in [0.3, 0.4) is 0 Å². The summed E-state index contributed by atoms with van der Waals surface area (Å²) in [5.74, 6) is 0. The number of benzene rings is 12. The van der Waals surface area contributed by atoms with E-state index in [0.29, 0.717) is 0 Å². The highest BCUT2D eigenvalue weighted by Gasteiger charge is 2.53. The Balaban J connectivity index is 1.03. The first-order valence-corrected chi connectivity index (χ1v) is 27.5. The van der Waals surface area contributed by atoms with E-state index in [1.54, 1.807) is 0 Å². The van der Waals surface area contributed by atoms with E-state index >= 15 is 0 Å². The highest BCUT2D eigenvalue weighted by Crippen LogP contribution is 2.54. The molecule has 0 amide bonds. The zero-order valence-corrected chi connectivity index (χ0v) is 42.9. The second-order valence-electron chi connectivity index (χ2n) is 21.6. The van der Waals surface area contributed by atoms with Crippen LogP contribution in [0.25, 0.3) is 88.4 Å². The second-order valence-corrected chi connectivity index (χ2v) is 21.6. The van der Waals surface area contributed by atoms with Crippen molar-refractivity contribution in [3.05, 3.63) is 273 Å². The third kappa shape index (κ3) is 5.85. The van der Waals surface area contributed by atoms with Crippen LogP contribution in [0.15, 0.2) is 273 Å². The highest BCUT2D eigenvalue weighted by atomic mass is 15.2. The van der Waals surface area contributed by atoms with Crippen molar-refractivity contribution < 1.29 is 0 Å². The van der Waals surface area contributed by atoms with Crippen LogP contribution in [0, 0.1) is 0 Å². The quantitative estimate of drug-likeness (QED) is 0.148. The molecule has 4 aliphatic rings. The Morgan fingerprint density at radius 3 is 1.06 bits per heavy atom. The summed E-state index contributed by atoms with van der Waals surface area (Å²) < 4.78 is 8.11. The number of aromatic nitrogens is 2. The Morgan fingerprint density at radius 2 is 0.646 bits per heavy atom. The van der Waals surface area contributed by atoms with Crippen molar-refractivity contribution in [2.45, 2.75) is 0 Å². The van der Waals surface area contributed by atoms with Gasteiger partial charge in [-0.1, -0.05) is 176 Å². The van der Waals surface area contributed by atoms with Crippen LogP contribution in [0.5, 0.6) is 0 Å². The molecule has 0 saturated carbocycles. The van der Waals surface area contributed by atoms with Crippen LogP contribution in [-0.2, 0) is 0 Å². The zero-order chi connectivity index (χ0) is 51.4. The molecule has 4 aliphatic heterocycles. The van der Waals surface area contributed by atoms with E-state index in [9.17, 15) is 0 Å². The third-order valence-corrected chi connectivity index (χ3v) is 17.5. The van der Waals surface area contributed by atoms with E-state index < -0.39 is 0 Å². The van der Waals surface area contributed by atoms with E-state index in [1.165, 1.54) is 116 Å². The fourth-order valence-electron chi connectivity index (χ4n) is 14.5. The van der Waals surface area contributed by atoms with Crippen molar-refractivity contribution in [3.63, 3.8) is 0 Å². The molecular formula is C72H45B2N5. The first-order valence-electron chi connectivity index (χ1n) is 27.5. The van der Waals surface area contributed by atoms with Crippen LogP contribution >= 0.6 is 0 Å². The molecule has 0 atom stereocenters. The summed E-state index contributed by atoms with van der Waals surface area (Å²) in [6.07, 6.45) is 0. The number of fused-ring (bicyclic) bond motifs is 14. The smallest absolute Gasteiger partial charge is 0.316 e. The second kappa shape index (κ2) is 16.2. The minimum absolute atomic E-state index is 0.155. The average Bonchev–Trinajstić information content (AvgIpc) is 3.43. The SMILES string of the molecule is c1ccc(-c2cc3c4c(c2)-c2cc(N(c5ccccc5)c5ccccc5)cc5c2B(c2cccc6c7ccccc7n-5c26)N4B2c4c-3cc(N(c3ccccc3)c3ccccc3)cc4-n3c4ccccc4c4cccc2c43)cc1. The van der Waals surface area contributed by atoms with Crippen molar-refractivity contribution >= 4 is 119 Å². The van der Waals surface area contributed by atoms with Gasteiger partial charge in [-0.15, -0.1) is 0 Å². The van der Waals surface area contributed by atoms with Gasteiger partial charge in [-0.25, -0.2) is 0 Å². The summed E-state index contributed by atoms with van der Waals surface area (Å²) in [6, 6.07) is 102. The molecule has 6 heterocycles. The first-order chi connectivity index (χ1) is 39.2. The summed E-state index contributed by atoms with van der Waals surface area (Å²) in [6.45, 7) is -0.311. The average molecular weight is 1000 g/mol. The fourth-order valence-corrected chi connectivity index (χ4v) is 14.5. The molecule has 0 fully saturated rings. The highest BCUT2D eigenvalue weighted by molar-refractivity contribution is 7.09.